The Balaban J connectivity index is 1.72. The van der Waals surface area contributed by atoms with E-state index in [1.165, 1.54) is 22.1 Å². The van der Waals surface area contributed by atoms with E-state index in [2.05, 4.69) is 90.7 Å². The van der Waals surface area contributed by atoms with Crippen LogP contribution in [0.25, 0.3) is 10.9 Å². The van der Waals surface area contributed by atoms with Crippen LogP contribution >= 0.6 is 0 Å². The Labute approximate surface area is 205 Å². The fraction of sp³-hybridized carbons (Fsp3) is 0.483. The molecule has 3 rings (SSSR count). The molecule has 0 spiro atoms. The van der Waals surface area contributed by atoms with E-state index in [-0.39, 0.29) is 11.9 Å². The maximum Gasteiger partial charge on any atom is 0.237 e. The van der Waals surface area contributed by atoms with E-state index >= 15 is 0 Å². The standard InChI is InChI=1S/C29H42N4O/c1-5-22(6-2)18-30-28(17-25-20-31-27-16-12-11-15-26(25)27)29(34)32-19-23-13-9-10-14-24(23)21-33(7-3)8-4/h9-16,20,22,28,30-31H,5-8,17-19,21H2,1-4H3,(H,32,34)/t28-/m1/s1. The van der Waals surface area contributed by atoms with Crippen LogP contribution in [-0.2, 0) is 24.3 Å². The average molecular weight is 463 g/mol. The summed E-state index contributed by atoms with van der Waals surface area (Å²) >= 11 is 0. The van der Waals surface area contributed by atoms with Gasteiger partial charge in [-0.1, -0.05) is 83.0 Å². The third-order valence-corrected chi connectivity index (χ3v) is 7.08. The maximum atomic E-state index is 13.4. The van der Waals surface area contributed by atoms with Crippen molar-refractivity contribution in [2.24, 2.45) is 5.92 Å². The van der Waals surface area contributed by atoms with Crippen molar-refractivity contribution >= 4 is 16.8 Å². The summed E-state index contributed by atoms with van der Waals surface area (Å²) in [5, 5.41) is 8.02. The van der Waals surface area contributed by atoms with Crippen molar-refractivity contribution in [3.05, 3.63) is 71.4 Å². The molecule has 5 heteroatoms. The van der Waals surface area contributed by atoms with E-state index in [9.17, 15) is 4.79 Å². The van der Waals surface area contributed by atoms with E-state index in [0.717, 1.165) is 44.5 Å². The third-order valence-electron chi connectivity index (χ3n) is 7.08. The highest BCUT2D eigenvalue weighted by molar-refractivity contribution is 5.86. The molecule has 3 N–H and O–H groups in total. The molecular weight excluding hydrogens is 420 g/mol. The Kier molecular flexibility index (Phi) is 10.2. The molecule has 3 aromatic rings. The van der Waals surface area contributed by atoms with Crippen molar-refractivity contribution in [3.8, 4) is 0 Å². The van der Waals surface area contributed by atoms with Crippen LogP contribution in [0.5, 0.6) is 0 Å². The topological polar surface area (TPSA) is 60.2 Å². The molecule has 0 radical (unpaired) electrons. The van der Waals surface area contributed by atoms with Crippen molar-refractivity contribution in [1.82, 2.24) is 20.5 Å². The van der Waals surface area contributed by atoms with Crippen LogP contribution in [0.3, 0.4) is 0 Å². The molecule has 5 nitrogen and oxygen atoms in total. The molecule has 0 aliphatic rings. The summed E-state index contributed by atoms with van der Waals surface area (Å²) in [5.41, 5.74) is 4.76. The number of amides is 1. The highest BCUT2D eigenvalue weighted by Gasteiger charge is 2.21. The number of carbonyl (C=O) groups is 1. The van der Waals surface area contributed by atoms with Crippen molar-refractivity contribution < 1.29 is 4.79 Å². The fourth-order valence-electron chi connectivity index (χ4n) is 4.54. The average Bonchev–Trinajstić information content (AvgIpc) is 3.29. The summed E-state index contributed by atoms with van der Waals surface area (Å²) < 4.78 is 0. The monoisotopic (exact) mass is 462 g/mol. The Bertz CT molecular complexity index is 1020. The lowest BCUT2D eigenvalue weighted by atomic mass is 10.0. The molecule has 0 saturated heterocycles. The maximum absolute atomic E-state index is 13.4. The number of fused-ring (bicyclic) bond motifs is 1. The van der Waals surface area contributed by atoms with Crippen LogP contribution in [0.2, 0.25) is 0 Å². The van der Waals surface area contributed by atoms with Crippen molar-refractivity contribution in [2.45, 2.75) is 66.1 Å². The second-order valence-electron chi connectivity index (χ2n) is 9.15. The molecule has 0 unspecified atom stereocenters. The summed E-state index contributed by atoms with van der Waals surface area (Å²) in [6.07, 6.45) is 4.94. The molecular formula is C29H42N4O. The van der Waals surface area contributed by atoms with Gasteiger partial charge in [0.1, 0.15) is 0 Å². The van der Waals surface area contributed by atoms with Gasteiger partial charge in [0.05, 0.1) is 6.04 Å². The van der Waals surface area contributed by atoms with Gasteiger partial charge < -0.3 is 15.6 Å². The highest BCUT2D eigenvalue weighted by Crippen LogP contribution is 2.20. The number of benzene rings is 2. The molecule has 0 bridgehead atoms. The summed E-state index contributed by atoms with van der Waals surface area (Å²) in [5.74, 6) is 0.641. The molecule has 1 atom stereocenters. The SMILES string of the molecule is CCC(CC)CN[C@H](Cc1c[nH]c2ccccc12)C(=O)NCc1ccccc1CN(CC)CC. The largest absolute Gasteiger partial charge is 0.361 e. The summed E-state index contributed by atoms with van der Waals surface area (Å²) in [7, 11) is 0. The van der Waals surface area contributed by atoms with Gasteiger partial charge in [0, 0.05) is 30.2 Å². The predicted molar refractivity (Wildman–Crippen MR) is 143 cm³/mol. The van der Waals surface area contributed by atoms with Gasteiger partial charge in [0.25, 0.3) is 0 Å². The van der Waals surface area contributed by atoms with E-state index in [1.54, 1.807) is 0 Å². The van der Waals surface area contributed by atoms with Gasteiger partial charge in [0.15, 0.2) is 0 Å². The zero-order valence-electron chi connectivity index (χ0n) is 21.4. The molecule has 184 valence electrons. The Morgan fingerprint density at radius 2 is 1.59 bits per heavy atom. The number of carbonyl (C=O) groups excluding carboxylic acids is 1. The highest BCUT2D eigenvalue weighted by atomic mass is 16.2. The lowest BCUT2D eigenvalue weighted by molar-refractivity contribution is -0.123. The van der Waals surface area contributed by atoms with Gasteiger partial charge in [-0.15, -0.1) is 0 Å². The number of nitrogens with zero attached hydrogens (tertiary/aromatic N) is 1. The molecule has 34 heavy (non-hydrogen) atoms. The van der Waals surface area contributed by atoms with Gasteiger partial charge in [-0.05, 0) is 54.7 Å². The predicted octanol–water partition coefficient (Wildman–Crippen LogP) is 5.26. The minimum absolute atomic E-state index is 0.0638. The Hall–Kier alpha value is -2.63. The van der Waals surface area contributed by atoms with Crippen LogP contribution in [0.4, 0.5) is 0 Å². The Morgan fingerprint density at radius 1 is 0.912 bits per heavy atom. The lowest BCUT2D eigenvalue weighted by Crippen LogP contribution is -2.46. The van der Waals surface area contributed by atoms with Crippen LogP contribution < -0.4 is 10.6 Å². The van der Waals surface area contributed by atoms with E-state index in [4.69, 9.17) is 0 Å². The smallest absolute Gasteiger partial charge is 0.237 e. The minimum atomic E-state index is -0.269. The van der Waals surface area contributed by atoms with Crippen molar-refractivity contribution in [3.63, 3.8) is 0 Å². The number of H-pyrrole nitrogens is 1. The summed E-state index contributed by atoms with van der Waals surface area (Å²) in [6, 6.07) is 16.5. The number of aromatic amines is 1. The molecule has 1 heterocycles. The van der Waals surface area contributed by atoms with Crippen LogP contribution in [0.15, 0.2) is 54.7 Å². The van der Waals surface area contributed by atoms with E-state index < -0.39 is 0 Å². The van der Waals surface area contributed by atoms with Gasteiger partial charge >= 0.3 is 0 Å². The lowest BCUT2D eigenvalue weighted by Gasteiger charge is -2.23. The normalized spacial score (nSPS) is 12.5. The zero-order valence-corrected chi connectivity index (χ0v) is 21.4. The molecule has 1 amide bonds. The van der Waals surface area contributed by atoms with Gasteiger partial charge in [-0.2, -0.15) is 0 Å². The third kappa shape index (κ3) is 6.94. The molecule has 0 aliphatic carbocycles. The first kappa shape index (κ1) is 26.0. The first-order valence-electron chi connectivity index (χ1n) is 12.9. The first-order chi connectivity index (χ1) is 16.6. The molecule has 0 fully saturated rings. The first-order valence-corrected chi connectivity index (χ1v) is 12.9. The number of aromatic nitrogens is 1. The quantitative estimate of drug-likeness (QED) is 0.306. The number of hydrogen-bond donors (Lipinski definition) is 3. The minimum Gasteiger partial charge on any atom is -0.361 e. The van der Waals surface area contributed by atoms with Crippen LogP contribution in [-0.4, -0.2) is 41.5 Å². The second kappa shape index (κ2) is 13.3. The van der Waals surface area contributed by atoms with Crippen molar-refractivity contribution in [2.75, 3.05) is 19.6 Å². The molecule has 1 aromatic heterocycles. The molecule has 2 aromatic carbocycles. The second-order valence-corrected chi connectivity index (χ2v) is 9.15. The van der Waals surface area contributed by atoms with Crippen LogP contribution in [0.1, 0.15) is 57.2 Å². The summed E-state index contributed by atoms with van der Waals surface area (Å²) in [4.78, 5) is 19.2. The fourth-order valence-corrected chi connectivity index (χ4v) is 4.54. The van der Waals surface area contributed by atoms with Crippen LogP contribution in [0, 0.1) is 5.92 Å². The number of hydrogen-bond acceptors (Lipinski definition) is 3. The number of para-hydroxylation sites is 1. The molecule has 0 saturated carbocycles. The molecule has 0 aliphatic heterocycles. The van der Waals surface area contributed by atoms with E-state index in [0.29, 0.717) is 18.9 Å². The summed E-state index contributed by atoms with van der Waals surface area (Å²) in [6.45, 7) is 13.2. The van der Waals surface area contributed by atoms with Gasteiger partial charge in [-0.3, -0.25) is 9.69 Å². The van der Waals surface area contributed by atoms with E-state index in [1.807, 2.05) is 12.3 Å². The number of nitrogens with one attached hydrogen (secondary N) is 3. The van der Waals surface area contributed by atoms with Crippen molar-refractivity contribution in [1.29, 1.82) is 0 Å². The zero-order chi connectivity index (χ0) is 24.3. The van der Waals surface area contributed by atoms with Gasteiger partial charge in [-0.25, -0.2) is 0 Å². The Morgan fingerprint density at radius 3 is 2.29 bits per heavy atom. The van der Waals surface area contributed by atoms with Gasteiger partial charge in [0.2, 0.25) is 5.91 Å². The number of rotatable bonds is 14.